The SMILES string of the molecule is CCOc1ccnc(N2CC(Cc3ccoc3)C2)n1. The average Bonchev–Trinajstić information content (AvgIpc) is 2.87. The van der Waals surface area contributed by atoms with Gasteiger partial charge in [-0.2, -0.15) is 4.98 Å². The smallest absolute Gasteiger partial charge is 0.228 e. The first-order valence-electron chi connectivity index (χ1n) is 6.57. The molecule has 3 heterocycles. The Morgan fingerprint density at radius 3 is 3.05 bits per heavy atom. The van der Waals surface area contributed by atoms with Crippen molar-refractivity contribution in [2.24, 2.45) is 5.92 Å². The summed E-state index contributed by atoms with van der Waals surface area (Å²) in [6, 6.07) is 3.81. The minimum absolute atomic E-state index is 0.625. The number of aromatic nitrogens is 2. The van der Waals surface area contributed by atoms with Gasteiger partial charge in [0.2, 0.25) is 11.8 Å². The maximum Gasteiger partial charge on any atom is 0.228 e. The Morgan fingerprint density at radius 1 is 1.42 bits per heavy atom. The van der Waals surface area contributed by atoms with Crippen molar-refractivity contribution < 1.29 is 9.15 Å². The van der Waals surface area contributed by atoms with Gasteiger partial charge in [-0.25, -0.2) is 4.98 Å². The van der Waals surface area contributed by atoms with Crippen molar-refractivity contribution in [1.82, 2.24) is 9.97 Å². The summed E-state index contributed by atoms with van der Waals surface area (Å²) in [5.74, 6) is 2.05. The Morgan fingerprint density at radius 2 is 2.32 bits per heavy atom. The molecule has 0 amide bonds. The van der Waals surface area contributed by atoms with E-state index in [1.165, 1.54) is 5.56 Å². The molecule has 0 aromatic carbocycles. The molecule has 1 saturated heterocycles. The quantitative estimate of drug-likeness (QED) is 0.823. The molecule has 0 saturated carbocycles. The van der Waals surface area contributed by atoms with Gasteiger partial charge >= 0.3 is 0 Å². The van der Waals surface area contributed by atoms with Crippen LogP contribution in [0, 0.1) is 5.92 Å². The molecule has 19 heavy (non-hydrogen) atoms. The van der Waals surface area contributed by atoms with Gasteiger partial charge in [0.1, 0.15) is 0 Å². The Balaban J connectivity index is 1.56. The van der Waals surface area contributed by atoms with E-state index in [9.17, 15) is 0 Å². The summed E-state index contributed by atoms with van der Waals surface area (Å²) in [5, 5.41) is 0. The van der Waals surface area contributed by atoms with Crippen LogP contribution in [0.1, 0.15) is 12.5 Å². The number of furan rings is 1. The Kier molecular flexibility index (Phi) is 3.35. The van der Waals surface area contributed by atoms with Gasteiger partial charge < -0.3 is 14.1 Å². The monoisotopic (exact) mass is 259 g/mol. The highest BCUT2D eigenvalue weighted by atomic mass is 16.5. The van der Waals surface area contributed by atoms with E-state index in [1.807, 2.05) is 19.3 Å². The minimum Gasteiger partial charge on any atom is -0.478 e. The van der Waals surface area contributed by atoms with Crippen LogP contribution in [-0.4, -0.2) is 29.7 Å². The van der Waals surface area contributed by atoms with Crippen LogP contribution in [0.5, 0.6) is 5.88 Å². The molecular formula is C14H17N3O2. The summed E-state index contributed by atoms with van der Waals surface area (Å²) < 4.78 is 10.5. The van der Waals surface area contributed by atoms with Crippen molar-refractivity contribution in [3.63, 3.8) is 0 Å². The summed E-state index contributed by atoms with van der Waals surface area (Å²) in [6.45, 7) is 4.55. The number of hydrogen-bond acceptors (Lipinski definition) is 5. The molecule has 0 bridgehead atoms. The molecule has 5 heteroatoms. The van der Waals surface area contributed by atoms with Gasteiger partial charge in [-0.15, -0.1) is 0 Å². The van der Waals surface area contributed by atoms with Gasteiger partial charge in [0.15, 0.2) is 0 Å². The van der Waals surface area contributed by atoms with E-state index >= 15 is 0 Å². The van der Waals surface area contributed by atoms with Gasteiger partial charge in [0.05, 0.1) is 19.1 Å². The Hall–Kier alpha value is -2.04. The zero-order chi connectivity index (χ0) is 13.1. The van der Waals surface area contributed by atoms with E-state index < -0.39 is 0 Å². The highest BCUT2D eigenvalue weighted by Gasteiger charge is 2.29. The van der Waals surface area contributed by atoms with Crippen molar-refractivity contribution in [1.29, 1.82) is 0 Å². The molecule has 0 radical (unpaired) electrons. The van der Waals surface area contributed by atoms with Crippen LogP contribution in [0.4, 0.5) is 5.95 Å². The van der Waals surface area contributed by atoms with Gasteiger partial charge in [-0.3, -0.25) is 0 Å². The predicted molar refractivity (Wildman–Crippen MR) is 71.3 cm³/mol. The van der Waals surface area contributed by atoms with E-state index in [0.29, 0.717) is 18.4 Å². The molecule has 1 fully saturated rings. The number of nitrogens with zero attached hydrogens (tertiary/aromatic N) is 3. The fraction of sp³-hybridized carbons (Fsp3) is 0.429. The molecule has 5 nitrogen and oxygen atoms in total. The van der Waals surface area contributed by atoms with Gasteiger partial charge in [-0.05, 0) is 30.9 Å². The second kappa shape index (κ2) is 5.30. The fourth-order valence-corrected chi connectivity index (χ4v) is 2.32. The highest BCUT2D eigenvalue weighted by Crippen LogP contribution is 2.25. The third-order valence-corrected chi connectivity index (χ3v) is 3.25. The van der Waals surface area contributed by atoms with E-state index in [-0.39, 0.29) is 0 Å². The predicted octanol–water partition coefficient (Wildman–Crippen LogP) is 2.15. The highest BCUT2D eigenvalue weighted by molar-refractivity contribution is 5.36. The van der Waals surface area contributed by atoms with E-state index in [2.05, 4.69) is 14.9 Å². The minimum atomic E-state index is 0.625. The second-order valence-corrected chi connectivity index (χ2v) is 4.73. The molecule has 0 unspecified atom stereocenters. The maximum atomic E-state index is 5.39. The van der Waals surface area contributed by atoms with Crippen LogP contribution in [-0.2, 0) is 6.42 Å². The van der Waals surface area contributed by atoms with Crippen molar-refractivity contribution >= 4 is 5.95 Å². The first-order valence-corrected chi connectivity index (χ1v) is 6.57. The molecule has 0 aliphatic carbocycles. The van der Waals surface area contributed by atoms with Crippen LogP contribution in [0.25, 0.3) is 0 Å². The molecule has 100 valence electrons. The van der Waals surface area contributed by atoms with Crippen molar-refractivity contribution in [3.05, 3.63) is 36.4 Å². The van der Waals surface area contributed by atoms with Crippen molar-refractivity contribution in [3.8, 4) is 5.88 Å². The second-order valence-electron chi connectivity index (χ2n) is 4.73. The molecule has 1 aliphatic rings. The number of hydrogen-bond donors (Lipinski definition) is 0. The first kappa shape index (κ1) is 12.0. The molecule has 3 rings (SSSR count). The third-order valence-electron chi connectivity index (χ3n) is 3.25. The van der Waals surface area contributed by atoms with Crippen LogP contribution in [0.15, 0.2) is 35.3 Å². The zero-order valence-electron chi connectivity index (χ0n) is 11.0. The lowest BCUT2D eigenvalue weighted by Crippen LogP contribution is -2.48. The van der Waals surface area contributed by atoms with E-state index in [4.69, 9.17) is 9.15 Å². The fourth-order valence-electron chi connectivity index (χ4n) is 2.32. The summed E-state index contributed by atoms with van der Waals surface area (Å²) in [4.78, 5) is 10.9. The number of anilines is 1. The molecule has 0 atom stereocenters. The van der Waals surface area contributed by atoms with Gasteiger partial charge in [0, 0.05) is 25.4 Å². The maximum absolute atomic E-state index is 5.39. The largest absolute Gasteiger partial charge is 0.478 e. The Labute approximate surface area is 112 Å². The van der Waals surface area contributed by atoms with Crippen LogP contribution in [0.3, 0.4) is 0 Å². The zero-order valence-corrected chi connectivity index (χ0v) is 11.0. The summed E-state index contributed by atoms with van der Waals surface area (Å²) in [6.07, 6.45) is 6.34. The lowest BCUT2D eigenvalue weighted by Gasteiger charge is -2.39. The lowest BCUT2D eigenvalue weighted by molar-refractivity contribution is 0.324. The molecule has 1 aliphatic heterocycles. The molecule has 2 aromatic heterocycles. The van der Waals surface area contributed by atoms with Crippen LogP contribution in [0.2, 0.25) is 0 Å². The Bertz CT molecular complexity index is 521. The van der Waals surface area contributed by atoms with Crippen LogP contribution >= 0.6 is 0 Å². The summed E-state index contributed by atoms with van der Waals surface area (Å²) in [7, 11) is 0. The molecule has 0 spiro atoms. The van der Waals surface area contributed by atoms with Crippen LogP contribution < -0.4 is 9.64 Å². The molecule has 2 aromatic rings. The molecule has 0 N–H and O–H groups in total. The summed E-state index contributed by atoms with van der Waals surface area (Å²) >= 11 is 0. The van der Waals surface area contributed by atoms with E-state index in [1.54, 1.807) is 18.5 Å². The average molecular weight is 259 g/mol. The molecular weight excluding hydrogens is 242 g/mol. The normalized spacial score (nSPS) is 15.3. The van der Waals surface area contributed by atoms with Crippen molar-refractivity contribution in [2.75, 3.05) is 24.6 Å². The van der Waals surface area contributed by atoms with Gasteiger partial charge in [0.25, 0.3) is 0 Å². The lowest BCUT2D eigenvalue weighted by atomic mass is 9.94. The standard InChI is InChI=1S/C14H17N3O2/c1-2-19-13-3-5-15-14(16-13)17-8-12(9-17)7-11-4-6-18-10-11/h3-6,10,12H,2,7-9H2,1H3. The number of ether oxygens (including phenoxy) is 1. The van der Waals surface area contributed by atoms with E-state index in [0.717, 1.165) is 25.5 Å². The summed E-state index contributed by atoms with van der Waals surface area (Å²) in [5.41, 5.74) is 1.26. The third kappa shape index (κ3) is 2.70. The topological polar surface area (TPSA) is 51.4 Å². The first-order chi connectivity index (χ1) is 9.35. The van der Waals surface area contributed by atoms with Crippen molar-refractivity contribution in [2.45, 2.75) is 13.3 Å². The van der Waals surface area contributed by atoms with Gasteiger partial charge in [-0.1, -0.05) is 0 Å². The number of rotatable bonds is 5.